The van der Waals surface area contributed by atoms with E-state index in [9.17, 15) is 19.2 Å². The zero-order valence-corrected chi connectivity index (χ0v) is 21.5. The molecular formula is C28H25BrN2O5. The van der Waals surface area contributed by atoms with Crippen molar-refractivity contribution in [1.82, 2.24) is 0 Å². The summed E-state index contributed by atoms with van der Waals surface area (Å²) in [5.41, 5.74) is 4.05. The topological polar surface area (TPSA) is 92.8 Å². The Morgan fingerprint density at radius 2 is 1.56 bits per heavy atom. The van der Waals surface area contributed by atoms with Gasteiger partial charge in [-0.05, 0) is 61.4 Å². The maximum Gasteiger partial charge on any atom is 0.338 e. The third kappa shape index (κ3) is 5.71. The Morgan fingerprint density at radius 1 is 0.944 bits per heavy atom. The van der Waals surface area contributed by atoms with Gasteiger partial charge in [-0.1, -0.05) is 46.3 Å². The lowest BCUT2D eigenvalue weighted by atomic mass is 10.1. The lowest BCUT2D eigenvalue weighted by Crippen LogP contribution is -2.29. The maximum atomic E-state index is 12.8. The number of halogens is 1. The van der Waals surface area contributed by atoms with E-state index >= 15 is 0 Å². The second-order valence-electron chi connectivity index (χ2n) is 8.72. The van der Waals surface area contributed by atoms with E-state index in [0.29, 0.717) is 17.8 Å². The molecule has 8 heteroatoms. The lowest BCUT2D eigenvalue weighted by Gasteiger charge is -2.21. The summed E-state index contributed by atoms with van der Waals surface area (Å²) in [7, 11) is 0. The van der Waals surface area contributed by atoms with Crippen LogP contribution in [0.1, 0.15) is 38.3 Å². The van der Waals surface area contributed by atoms with Gasteiger partial charge in [0.2, 0.25) is 11.8 Å². The number of hydrogen-bond donors (Lipinski definition) is 1. The zero-order chi connectivity index (χ0) is 25.8. The number of benzene rings is 3. The van der Waals surface area contributed by atoms with E-state index in [0.717, 1.165) is 21.3 Å². The van der Waals surface area contributed by atoms with E-state index in [1.807, 2.05) is 32.0 Å². The van der Waals surface area contributed by atoms with E-state index in [4.69, 9.17) is 4.74 Å². The molecule has 0 spiro atoms. The van der Waals surface area contributed by atoms with Gasteiger partial charge in [0, 0.05) is 34.4 Å². The first-order valence-electron chi connectivity index (χ1n) is 11.5. The standard InChI is InChI=1S/C28H25BrN2O5/c1-17-4-3-5-18(2)26(17)31-15-21(14-25(31)33)27(34)30-23-12-8-20(9-13-23)28(35)36-16-24(32)19-6-10-22(29)11-7-19/h3-13,21H,14-16H2,1-2H3,(H,30,34)/t21-/m0/s1. The second-order valence-corrected chi connectivity index (χ2v) is 9.63. The van der Waals surface area contributed by atoms with Crippen LogP contribution in [0.4, 0.5) is 11.4 Å². The molecule has 1 aliphatic heterocycles. The van der Waals surface area contributed by atoms with Gasteiger partial charge >= 0.3 is 5.97 Å². The minimum absolute atomic E-state index is 0.0803. The average Bonchev–Trinajstić information content (AvgIpc) is 3.24. The number of esters is 1. The highest BCUT2D eigenvalue weighted by Gasteiger charge is 2.36. The number of rotatable bonds is 7. The van der Waals surface area contributed by atoms with Crippen molar-refractivity contribution in [3.63, 3.8) is 0 Å². The number of carbonyl (C=O) groups is 4. The molecule has 36 heavy (non-hydrogen) atoms. The predicted molar refractivity (Wildman–Crippen MR) is 140 cm³/mol. The van der Waals surface area contributed by atoms with Crippen LogP contribution in [0.25, 0.3) is 0 Å². The van der Waals surface area contributed by atoms with E-state index in [1.165, 1.54) is 12.1 Å². The third-order valence-corrected chi connectivity index (χ3v) is 6.62. The molecule has 0 unspecified atom stereocenters. The molecule has 3 aromatic carbocycles. The van der Waals surface area contributed by atoms with Gasteiger partial charge in [-0.2, -0.15) is 0 Å². The molecule has 1 N–H and O–H groups in total. The molecule has 7 nitrogen and oxygen atoms in total. The van der Waals surface area contributed by atoms with Crippen LogP contribution >= 0.6 is 15.9 Å². The molecule has 0 radical (unpaired) electrons. The molecule has 2 amide bonds. The van der Waals surface area contributed by atoms with Gasteiger partial charge in [0.15, 0.2) is 12.4 Å². The quantitative estimate of drug-likeness (QED) is 0.327. The summed E-state index contributed by atoms with van der Waals surface area (Å²) in [4.78, 5) is 51.7. The number of Topliss-reactive ketones (excluding diaryl/α,β-unsaturated/α-hetero) is 1. The molecule has 0 saturated carbocycles. The summed E-state index contributed by atoms with van der Waals surface area (Å²) in [6.07, 6.45) is 0.135. The smallest absolute Gasteiger partial charge is 0.338 e. The monoisotopic (exact) mass is 548 g/mol. The number of nitrogens with zero attached hydrogens (tertiary/aromatic N) is 1. The first-order valence-corrected chi connectivity index (χ1v) is 12.3. The highest BCUT2D eigenvalue weighted by Crippen LogP contribution is 2.31. The van der Waals surface area contributed by atoms with E-state index < -0.39 is 11.9 Å². The molecule has 1 saturated heterocycles. The summed E-state index contributed by atoms with van der Waals surface area (Å²) in [6, 6.07) is 18.8. The number of anilines is 2. The van der Waals surface area contributed by atoms with Crippen LogP contribution in [-0.2, 0) is 14.3 Å². The minimum atomic E-state index is -0.635. The number of aryl methyl sites for hydroxylation is 2. The fraction of sp³-hybridized carbons (Fsp3) is 0.214. The molecule has 184 valence electrons. The Morgan fingerprint density at radius 3 is 2.19 bits per heavy atom. The van der Waals surface area contributed by atoms with Gasteiger partial charge in [-0.25, -0.2) is 4.79 Å². The van der Waals surface area contributed by atoms with Gasteiger partial charge < -0.3 is 15.0 Å². The number of ether oxygens (including phenoxy) is 1. The highest BCUT2D eigenvalue weighted by atomic mass is 79.9. The van der Waals surface area contributed by atoms with Crippen LogP contribution in [0.2, 0.25) is 0 Å². The molecule has 1 heterocycles. The number of para-hydroxylation sites is 1. The molecular weight excluding hydrogens is 524 g/mol. The largest absolute Gasteiger partial charge is 0.454 e. The van der Waals surface area contributed by atoms with E-state index in [2.05, 4.69) is 21.2 Å². The van der Waals surface area contributed by atoms with Crippen LogP contribution < -0.4 is 10.2 Å². The Balaban J connectivity index is 1.32. The molecule has 0 aromatic heterocycles. The van der Waals surface area contributed by atoms with Crippen molar-refractivity contribution in [3.8, 4) is 0 Å². The van der Waals surface area contributed by atoms with Gasteiger partial charge in [0.25, 0.3) is 0 Å². The molecule has 1 atom stereocenters. The van der Waals surface area contributed by atoms with Crippen LogP contribution in [0.3, 0.4) is 0 Å². The zero-order valence-electron chi connectivity index (χ0n) is 19.9. The van der Waals surface area contributed by atoms with Crippen molar-refractivity contribution in [2.75, 3.05) is 23.4 Å². The maximum absolute atomic E-state index is 12.8. The van der Waals surface area contributed by atoms with Crippen LogP contribution in [0, 0.1) is 19.8 Å². The third-order valence-electron chi connectivity index (χ3n) is 6.09. The van der Waals surface area contributed by atoms with Crippen molar-refractivity contribution in [3.05, 3.63) is 93.5 Å². The number of ketones is 1. The van der Waals surface area contributed by atoms with Gasteiger partial charge in [0.1, 0.15) is 0 Å². The highest BCUT2D eigenvalue weighted by molar-refractivity contribution is 9.10. The molecule has 0 bridgehead atoms. The molecule has 1 aliphatic rings. The van der Waals surface area contributed by atoms with Crippen molar-refractivity contribution in [2.45, 2.75) is 20.3 Å². The van der Waals surface area contributed by atoms with Gasteiger partial charge in [-0.3, -0.25) is 14.4 Å². The number of nitrogens with one attached hydrogen (secondary N) is 1. The Kier molecular flexibility index (Phi) is 7.64. The van der Waals surface area contributed by atoms with E-state index in [-0.39, 0.29) is 36.2 Å². The summed E-state index contributed by atoms with van der Waals surface area (Å²) >= 11 is 3.31. The van der Waals surface area contributed by atoms with Gasteiger partial charge in [-0.15, -0.1) is 0 Å². The summed E-state index contributed by atoms with van der Waals surface area (Å²) in [5.74, 6) is -1.76. The van der Waals surface area contributed by atoms with Crippen LogP contribution in [0.15, 0.2) is 71.2 Å². The normalized spacial score (nSPS) is 15.0. The van der Waals surface area contributed by atoms with Crippen molar-refractivity contribution < 1.29 is 23.9 Å². The Bertz CT molecular complexity index is 1300. The van der Waals surface area contributed by atoms with Crippen molar-refractivity contribution in [2.24, 2.45) is 5.92 Å². The number of hydrogen-bond acceptors (Lipinski definition) is 5. The SMILES string of the molecule is Cc1cccc(C)c1N1C[C@@H](C(=O)Nc2ccc(C(=O)OCC(=O)c3ccc(Br)cc3)cc2)CC1=O. The first-order chi connectivity index (χ1) is 17.2. The Labute approximate surface area is 217 Å². The number of carbonyl (C=O) groups excluding carboxylic acids is 4. The minimum Gasteiger partial charge on any atom is -0.454 e. The van der Waals surface area contributed by atoms with Crippen LogP contribution in [0.5, 0.6) is 0 Å². The van der Waals surface area contributed by atoms with Crippen molar-refractivity contribution >= 4 is 50.9 Å². The van der Waals surface area contributed by atoms with Crippen LogP contribution in [-0.4, -0.2) is 36.7 Å². The molecule has 3 aromatic rings. The Hall–Kier alpha value is -3.78. The second kappa shape index (κ2) is 10.9. The summed E-state index contributed by atoms with van der Waals surface area (Å²) < 4.78 is 5.98. The predicted octanol–water partition coefficient (Wildman–Crippen LogP) is 5.10. The summed E-state index contributed by atoms with van der Waals surface area (Å²) in [5, 5.41) is 2.82. The molecule has 0 aliphatic carbocycles. The number of amides is 2. The summed E-state index contributed by atoms with van der Waals surface area (Å²) in [6.45, 7) is 3.84. The first kappa shape index (κ1) is 25.3. The van der Waals surface area contributed by atoms with E-state index in [1.54, 1.807) is 41.3 Å². The van der Waals surface area contributed by atoms with Crippen molar-refractivity contribution in [1.29, 1.82) is 0 Å². The van der Waals surface area contributed by atoms with Gasteiger partial charge in [0.05, 0.1) is 11.5 Å². The fourth-order valence-electron chi connectivity index (χ4n) is 4.20. The molecule has 4 rings (SSSR count). The lowest BCUT2D eigenvalue weighted by molar-refractivity contribution is -0.122. The molecule has 1 fully saturated rings. The fourth-order valence-corrected chi connectivity index (χ4v) is 4.46. The average molecular weight is 549 g/mol.